The van der Waals surface area contributed by atoms with Crippen LogP contribution in [0.25, 0.3) is 12.2 Å². The van der Waals surface area contributed by atoms with E-state index in [4.69, 9.17) is 17.0 Å². The van der Waals surface area contributed by atoms with Gasteiger partial charge < -0.3 is 0 Å². The number of benzene rings is 1. The van der Waals surface area contributed by atoms with Crippen LogP contribution in [-0.4, -0.2) is 21.6 Å². The van der Waals surface area contributed by atoms with Gasteiger partial charge in [0.1, 0.15) is 0 Å². The summed E-state index contributed by atoms with van der Waals surface area (Å²) in [5.41, 5.74) is 1.17. The number of ether oxygens (including phenoxy) is 1. The Hall–Kier alpha value is -0.671. The molecule has 1 aromatic heterocycles. The molecule has 2 aromatic rings. The molecule has 1 aromatic carbocycles. The summed E-state index contributed by atoms with van der Waals surface area (Å²) in [5, 5.41) is 0. The van der Waals surface area contributed by atoms with Crippen molar-refractivity contribution in [3.63, 3.8) is 0 Å². The van der Waals surface area contributed by atoms with Crippen LogP contribution < -0.4 is 4.74 Å². The van der Waals surface area contributed by atoms with Crippen molar-refractivity contribution in [2.45, 2.75) is 0 Å². The summed E-state index contributed by atoms with van der Waals surface area (Å²) >= 11 is 7.25. The van der Waals surface area contributed by atoms with E-state index >= 15 is 0 Å². The molecular weight excluding hydrogens is 303 g/mol. The zero-order chi connectivity index (χ0) is 11.4. The summed E-state index contributed by atoms with van der Waals surface area (Å²) in [5.74, 6) is 0.885. The van der Waals surface area contributed by atoms with Crippen molar-refractivity contribution >= 4 is 50.2 Å². The third kappa shape index (κ3) is 3.16. The van der Waals surface area contributed by atoms with Crippen LogP contribution in [0.15, 0.2) is 29.2 Å². The van der Waals surface area contributed by atoms with Crippen LogP contribution in [-0.2, 0) is 0 Å². The van der Waals surface area contributed by atoms with Gasteiger partial charge in [-0.25, -0.2) is 0 Å². The van der Waals surface area contributed by atoms with E-state index in [2.05, 4.69) is 17.1 Å². The Balaban J connectivity index is 2.14. The first-order chi connectivity index (χ1) is 7.78. The van der Waals surface area contributed by atoms with Crippen LogP contribution in [0.4, 0.5) is 0 Å². The summed E-state index contributed by atoms with van der Waals surface area (Å²) < 4.78 is 6.22. The zero-order valence-electron chi connectivity index (χ0n) is 8.67. The van der Waals surface area contributed by atoms with Crippen LogP contribution in [0.3, 0.4) is 0 Å². The molecule has 1 heterocycles. The predicted molar refractivity (Wildman–Crippen MR) is 74.0 cm³/mol. The minimum absolute atomic E-state index is 0.402. The Labute approximate surface area is 110 Å². The molecule has 0 fully saturated rings. The third-order valence-corrected chi connectivity index (χ3v) is 5.98. The van der Waals surface area contributed by atoms with Gasteiger partial charge in [-0.15, -0.1) is 0 Å². The average molecular weight is 313 g/mol. The first kappa shape index (κ1) is 11.8. The molecule has 82 valence electrons. The molecule has 0 aliphatic heterocycles. The summed E-state index contributed by atoms with van der Waals surface area (Å²) in [6.07, 6.45) is 4.22. The van der Waals surface area contributed by atoms with Crippen LogP contribution >= 0.6 is 23.6 Å². The van der Waals surface area contributed by atoms with Gasteiger partial charge in [0.15, 0.2) is 0 Å². The second-order valence-corrected chi connectivity index (χ2v) is 7.86. The Morgan fingerprint density at radius 1 is 1.25 bits per heavy atom. The van der Waals surface area contributed by atoms with E-state index in [0.29, 0.717) is 14.5 Å². The Morgan fingerprint density at radius 2 is 2.00 bits per heavy atom. The topological polar surface area (TPSA) is 9.23 Å². The molecule has 0 spiro atoms. The molecule has 0 aliphatic rings. The van der Waals surface area contributed by atoms with E-state index in [9.17, 15) is 0 Å². The van der Waals surface area contributed by atoms with Crippen LogP contribution in [0.5, 0.6) is 5.75 Å². The second-order valence-electron chi connectivity index (χ2n) is 3.10. The fourth-order valence-electron chi connectivity index (χ4n) is 1.22. The Kier molecular flexibility index (Phi) is 4.13. The molecule has 16 heavy (non-hydrogen) atoms. The second kappa shape index (κ2) is 5.60. The van der Waals surface area contributed by atoms with Gasteiger partial charge >= 0.3 is 110 Å². The Morgan fingerprint density at radius 3 is 2.56 bits per heavy atom. The SMILES string of the molecule is COc1ccc(/C=C/c2c[se]c(=S)s2)cc1. The maximum absolute atomic E-state index is 5.15. The normalized spacial score (nSPS) is 10.8. The summed E-state index contributed by atoms with van der Waals surface area (Å²) in [6, 6.07) is 8.01. The van der Waals surface area contributed by atoms with Crippen molar-refractivity contribution in [1.82, 2.24) is 0 Å². The van der Waals surface area contributed by atoms with E-state index in [-0.39, 0.29) is 0 Å². The first-order valence-electron chi connectivity index (χ1n) is 4.69. The number of methoxy groups -OCH3 is 1. The minimum atomic E-state index is 0.402. The summed E-state index contributed by atoms with van der Waals surface area (Å²) in [7, 11) is 1.67. The number of hydrogen-bond acceptors (Lipinski definition) is 3. The molecular formula is C12H10OS2Se. The van der Waals surface area contributed by atoms with E-state index in [1.807, 2.05) is 24.3 Å². The van der Waals surface area contributed by atoms with Crippen LogP contribution in [0.1, 0.15) is 10.4 Å². The standard InChI is InChI=1S/C12H10OS2Se/c1-13-10-5-2-9(3-6-10)4-7-11-8-16-12(14)15-11/h2-8H,1H3/b7-4+. The summed E-state index contributed by atoms with van der Waals surface area (Å²) in [4.78, 5) is 3.49. The molecule has 0 N–H and O–H groups in total. The van der Waals surface area contributed by atoms with Crippen molar-refractivity contribution in [3.8, 4) is 5.75 Å². The Bertz CT molecular complexity index is 537. The van der Waals surface area contributed by atoms with Gasteiger partial charge in [0.05, 0.1) is 0 Å². The van der Waals surface area contributed by atoms with Crippen LogP contribution in [0, 0.1) is 2.70 Å². The van der Waals surface area contributed by atoms with E-state index in [1.54, 1.807) is 18.4 Å². The maximum atomic E-state index is 5.15. The molecule has 1 nitrogen and oxygen atoms in total. The van der Waals surface area contributed by atoms with Crippen molar-refractivity contribution in [1.29, 1.82) is 0 Å². The van der Waals surface area contributed by atoms with Crippen molar-refractivity contribution in [3.05, 3.63) is 42.3 Å². The molecule has 0 unspecified atom stereocenters. The monoisotopic (exact) mass is 314 g/mol. The number of hydrogen-bond donors (Lipinski definition) is 0. The van der Waals surface area contributed by atoms with Crippen molar-refractivity contribution in [2.24, 2.45) is 0 Å². The molecule has 0 radical (unpaired) electrons. The zero-order valence-corrected chi connectivity index (χ0v) is 12.0. The van der Waals surface area contributed by atoms with Crippen molar-refractivity contribution in [2.75, 3.05) is 7.11 Å². The predicted octanol–water partition coefficient (Wildman–Crippen LogP) is 3.71. The molecule has 4 heteroatoms. The molecule has 0 amide bonds. The molecule has 0 atom stereocenters. The third-order valence-electron chi connectivity index (χ3n) is 2.03. The fraction of sp³-hybridized carbons (Fsp3) is 0.0833. The van der Waals surface area contributed by atoms with E-state index < -0.39 is 0 Å². The first-order valence-corrected chi connectivity index (χ1v) is 7.76. The van der Waals surface area contributed by atoms with Gasteiger partial charge in [0.2, 0.25) is 0 Å². The van der Waals surface area contributed by atoms with Gasteiger partial charge in [0.25, 0.3) is 0 Å². The quantitative estimate of drug-likeness (QED) is 0.631. The number of rotatable bonds is 3. The van der Waals surface area contributed by atoms with Gasteiger partial charge in [-0.3, -0.25) is 0 Å². The average Bonchev–Trinajstić information content (AvgIpc) is 2.73. The molecule has 0 bridgehead atoms. The van der Waals surface area contributed by atoms with Gasteiger partial charge in [-0.2, -0.15) is 0 Å². The summed E-state index contributed by atoms with van der Waals surface area (Å²) in [6.45, 7) is 0. The van der Waals surface area contributed by atoms with Gasteiger partial charge in [-0.05, 0) is 0 Å². The van der Waals surface area contributed by atoms with Crippen molar-refractivity contribution < 1.29 is 4.74 Å². The van der Waals surface area contributed by atoms with Gasteiger partial charge in [0, 0.05) is 0 Å². The van der Waals surface area contributed by atoms with E-state index in [0.717, 1.165) is 8.45 Å². The van der Waals surface area contributed by atoms with Crippen LogP contribution in [0.2, 0.25) is 0 Å². The molecule has 0 saturated heterocycles. The molecule has 0 saturated carbocycles. The fourth-order valence-corrected chi connectivity index (χ4v) is 4.50. The van der Waals surface area contributed by atoms with E-state index in [1.165, 1.54) is 10.4 Å². The van der Waals surface area contributed by atoms with Gasteiger partial charge in [-0.1, -0.05) is 0 Å². The molecule has 0 aliphatic carbocycles. The molecule has 2 rings (SSSR count).